The minimum absolute atomic E-state index is 0.633. The lowest BCUT2D eigenvalue weighted by atomic mass is 10.00. The Balaban J connectivity index is 2.04. The van der Waals surface area contributed by atoms with Gasteiger partial charge >= 0.3 is 0 Å². The van der Waals surface area contributed by atoms with Crippen LogP contribution in [0.3, 0.4) is 0 Å². The Bertz CT molecular complexity index is 695. The van der Waals surface area contributed by atoms with Gasteiger partial charge in [0.2, 0.25) is 0 Å². The molecule has 0 aliphatic rings. The molecule has 0 aliphatic heterocycles. The van der Waals surface area contributed by atoms with E-state index in [9.17, 15) is 5.11 Å². The lowest BCUT2D eigenvalue weighted by molar-refractivity contribution is 0.220. The average Bonchev–Trinajstić information content (AvgIpc) is 3.01. The molecule has 3 aromatic rings. The zero-order chi connectivity index (χ0) is 13.9. The number of nitrogens with one attached hydrogen (secondary N) is 1. The maximum Gasteiger partial charge on any atom is 0.156 e. The quantitative estimate of drug-likeness (QED) is 0.777. The maximum atomic E-state index is 10.5. The highest BCUT2D eigenvalue weighted by atomic mass is 35.5. The Morgan fingerprint density at radius 3 is 2.55 bits per heavy atom. The fourth-order valence-corrected chi connectivity index (χ4v) is 2.18. The van der Waals surface area contributed by atoms with E-state index in [1.54, 1.807) is 48.9 Å². The van der Waals surface area contributed by atoms with Crippen molar-refractivity contribution in [3.8, 4) is 11.5 Å². The molecule has 5 heteroatoms. The summed E-state index contributed by atoms with van der Waals surface area (Å²) in [5.74, 6) is 0.633. The topological polar surface area (TPSA) is 61.8 Å². The van der Waals surface area contributed by atoms with Crippen molar-refractivity contribution in [3.63, 3.8) is 0 Å². The van der Waals surface area contributed by atoms with E-state index in [-0.39, 0.29) is 0 Å². The first-order valence-electron chi connectivity index (χ1n) is 6.14. The Morgan fingerprint density at radius 2 is 1.85 bits per heavy atom. The molecule has 0 saturated heterocycles. The molecule has 4 nitrogen and oxygen atoms in total. The van der Waals surface area contributed by atoms with Gasteiger partial charge in [0.15, 0.2) is 5.82 Å². The van der Waals surface area contributed by atoms with E-state index in [2.05, 4.69) is 15.0 Å². The van der Waals surface area contributed by atoms with Crippen LogP contribution in [0.1, 0.15) is 17.2 Å². The maximum absolute atomic E-state index is 10.5. The summed E-state index contributed by atoms with van der Waals surface area (Å²) in [6, 6.07) is 10.7. The van der Waals surface area contributed by atoms with Crippen LogP contribution in [0.2, 0.25) is 5.02 Å². The lowest BCUT2D eigenvalue weighted by Gasteiger charge is -2.14. The molecular formula is C15H12ClN3O. The number of aromatic nitrogens is 3. The van der Waals surface area contributed by atoms with Crippen molar-refractivity contribution in [1.82, 2.24) is 15.0 Å². The van der Waals surface area contributed by atoms with Crippen LogP contribution in [0.5, 0.6) is 0 Å². The van der Waals surface area contributed by atoms with E-state index in [0.717, 1.165) is 5.56 Å². The third-order valence-corrected chi connectivity index (χ3v) is 3.29. The smallest absolute Gasteiger partial charge is 0.156 e. The van der Waals surface area contributed by atoms with Crippen LogP contribution in [0.25, 0.3) is 11.5 Å². The van der Waals surface area contributed by atoms with Crippen LogP contribution in [0.4, 0.5) is 0 Å². The van der Waals surface area contributed by atoms with Crippen molar-refractivity contribution in [3.05, 3.63) is 71.1 Å². The number of hydrogen-bond donors (Lipinski definition) is 2. The number of pyridine rings is 1. The van der Waals surface area contributed by atoms with Gasteiger partial charge in [0, 0.05) is 29.2 Å². The van der Waals surface area contributed by atoms with Crippen molar-refractivity contribution < 1.29 is 5.11 Å². The third-order valence-electron chi connectivity index (χ3n) is 3.04. The van der Waals surface area contributed by atoms with Gasteiger partial charge in [0.05, 0.1) is 0 Å². The van der Waals surface area contributed by atoms with Gasteiger partial charge in [-0.25, -0.2) is 4.98 Å². The zero-order valence-electron chi connectivity index (χ0n) is 10.5. The van der Waals surface area contributed by atoms with Gasteiger partial charge in [-0.05, 0) is 23.8 Å². The summed E-state index contributed by atoms with van der Waals surface area (Å²) in [6.45, 7) is 0. The summed E-state index contributed by atoms with van der Waals surface area (Å²) in [7, 11) is 0. The average molecular weight is 286 g/mol. The second-order valence-corrected chi connectivity index (χ2v) is 4.77. The zero-order valence-corrected chi connectivity index (χ0v) is 11.2. The summed E-state index contributed by atoms with van der Waals surface area (Å²) < 4.78 is 0. The Morgan fingerprint density at radius 1 is 1.05 bits per heavy atom. The predicted molar refractivity (Wildman–Crippen MR) is 77.3 cm³/mol. The van der Waals surface area contributed by atoms with Crippen LogP contribution in [-0.4, -0.2) is 20.1 Å². The number of imidazole rings is 1. The minimum atomic E-state index is -0.777. The first-order chi connectivity index (χ1) is 9.75. The summed E-state index contributed by atoms with van der Waals surface area (Å²) in [6.07, 6.45) is 4.28. The van der Waals surface area contributed by atoms with E-state index in [4.69, 9.17) is 11.6 Å². The number of hydrogen-bond acceptors (Lipinski definition) is 3. The van der Waals surface area contributed by atoms with Gasteiger partial charge in [-0.1, -0.05) is 29.8 Å². The molecule has 2 N–H and O–H groups in total. The van der Waals surface area contributed by atoms with E-state index in [1.807, 2.05) is 6.07 Å². The minimum Gasteiger partial charge on any atom is -0.384 e. The summed E-state index contributed by atoms with van der Waals surface area (Å²) in [4.78, 5) is 11.5. The number of aromatic amines is 1. The van der Waals surface area contributed by atoms with Gasteiger partial charge in [-0.2, -0.15) is 0 Å². The molecule has 0 radical (unpaired) electrons. The highest BCUT2D eigenvalue weighted by molar-refractivity contribution is 6.30. The van der Waals surface area contributed by atoms with Gasteiger partial charge in [-0.15, -0.1) is 0 Å². The number of aliphatic hydroxyl groups is 1. The molecule has 1 unspecified atom stereocenters. The largest absolute Gasteiger partial charge is 0.384 e. The Labute approximate surface area is 121 Å². The van der Waals surface area contributed by atoms with Crippen molar-refractivity contribution in [2.75, 3.05) is 0 Å². The highest BCUT2D eigenvalue weighted by Gasteiger charge is 2.17. The third kappa shape index (κ3) is 2.43. The van der Waals surface area contributed by atoms with E-state index < -0.39 is 6.10 Å². The number of halogens is 1. The van der Waals surface area contributed by atoms with E-state index >= 15 is 0 Å². The number of H-pyrrole nitrogens is 1. The standard InChI is InChI=1S/C15H12ClN3O/c16-11-5-3-10(4-6-11)14(20)12-2-1-7-17-13(12)15-18-8-9-19-15/h1-9,14,20H,(H,18,19). The summed E-state index contributed by atoms with van der Waals surface area (Å²) in [5.41, 5.74) is 2.10. The summed E-state index contributed by atoms with van der Waals surface area (Å²) >= 11 is 5.87. The molecule has 0 amide bonds. The molecule has 0 saturated carbocycles. The molecule has 0 aliphatic carbocycles. The first-order valence-corrected chi connectivity index (χ1v) is 6.51. The molecule has 1 atom stereocenters. The van der Waals surface area contributed by atoms with E-state index in [0.29, 0.717) is 22.1 Å². The van der Waals surface area contributed by atoms with Crippen LogP contribution in [0.15, 0.2) is 55.0 Å². The molecule has 2 aromatic heterocycles. The fraction of sp³-hybridized carbons (Fsp3) is 0.0667. The molecule has 0 fully saturated rings. The second-order valence-electron chi connectivity index (χ2n) is 4.33. The van der Waals surface area contributed by atoms with Crippen LogP contribution in [-0.2, 0) is 0 Å². The normalized spacial score (nSPS) is 12.3. The number of nitrogens with zero attached hydrogens (tertiary/aromatic N) is 2. The molecule has 0 bridgehead atoms. The molecule has 3 rings (SSSR count). The van der Waals surface area contributed by atoms with Crippen LogP contribution < -0.4 is 0 Å². The molecule has 2 heterocycles. The lowest BCUT2D eigenvalue weighted by Crippen LogP contribution is -2.03. The molecule has 100 valence electrons. The van der Waals surface area contributed by atoms with Crippen LogP contribution in [0, 0.1) is 0 Å². The number of benzene rings is 1. The summed E-state index contributed by atoms with van der Waals surface area (Å²) in [5, 5.41) is 11.2. The van der Waals surface area contributed by atoms with Gasteiger partial charge in [0.25, 0.3) is 0 Å². The number of aliphatic hydroxyl groups excluding tert-OH is 1. The number of rotatable bonds is 3. The van der Waals surface area contributed by atoms with Gasteiger partial charge in [-0.3, -0.25) is 4.98 Å². The van der Waals surface area contributed by atoms with Gasteiger partial charge in [0.1, 0.15) is 11.8 Å². The fourth-order valence-electron chi connectivity index (χ4n) is 2.06. The second kappa shape index (κ2) is 5.45. The predicted octanol–water partition coefficient (Wildman–Crippen LogP) is 3.21. The van der Waals surface area contributed by atoms with Gasteiger partial charge < -0.3 is 10.1 Å². The Kier molecular flexibility index (Phi) is 3.50. The van der Waals surface area contributed by atoms with E-state index in [1.165, 1.54) is 0 Å². The monoisotopic (exact) mass is 285 g/mol. The highest BCUT2D eigenvalue weighted by Crippen LogP contribution is 2.29. The molecule has 1 aromatic carbocycles. The first kappa shape index (κ1) is 12.8. The van der Waals surface area contributed by atoms with Crippen molar-refractivity contribution >= 4 is 11.6 Å². The van der Waals surface area contributed by atoms with Crippen molar-refractivity contribution in [1.29, 1.82) is 0 Å². The van der Waals surface area contributed by atoms with Crippen molar-refractivity contribution in [2.45, 2.75) is 6.10 Å². The SMILES string of the molecule is OC(c1ccc(Cl)cc1)c1cccnc1-c1ncc[nH]1. The van der Waals surface area contributed by atoms with Crippen molar-refractivity contribution in [2.24, 2.45) is 0 Å². The molecule has 0 spiro atoms. The van der Waals surface area contributed by atoms with Crippen LogP contribution >= 0.6 is 11.6 Å². The molecular weight excluding hydrogens is 274 g/mol. The Hall–Kier alpha value is -2.17. The molecule has 20 heavy (non-hydrogen) atoms.